The van der Waals surface area contributed by atoms with Crippen LogP contribution in [0.1, 0.15) is 43.6 Å². The second-order valence-electron chi connectivity index (χ2n) is 8.31. The van der Waals surface area contributed by atoms with Crippen molar-refractivity contribution in [3.05, 3.63) is 28.8 Å². The maximum absolute atomic E-state index is 13.1. The maximum atomic E-state index is 13.1. The van der Waals surface area contributed by atoms with Crippen molar-refractivity contribution >= 4 is 23.5 Å². The molecular formula is C21H27ClN2O5. The smallest absolute Gasteiger partial charge is 0.321 e. The van der Waals surface area contributed by atoms with Gasteiger partial charge >= 0.3 is 11.9 Å². The van der Waals surface area contributed by atoms with E-state index in [0.717, 1.165) is 25.8 Å². The number of esters is 1. The van der Waals surface area contributed by atoms with Crippen molar-refractivity contribution in [1.29, 1.82) is 0 Å². The molecular weight excluding hydrogens is 396 g/mol. The van der Waals surface area contributed by atoms with E-state index in [1.54, 1.807) is 18.2 Å². The van der Waals surface area contributed by atoms with Gasteiger partial charge in [0.2, 0.25) is 0 Å². The fourth-order valence-corrected chi connectivity index (χ4v) is 5.10. The number of nitrogens with two attached hydrogens (primary N) is 1. The van der Waals surface area contributed by atoms with Crippen LogP contribution in [0.5, 0.6) is 5.75 Å². The molecule has 3 aliphatic rings. The van der Waals surface area contributed by atoms with Crippen LogP contribution in [0.4, 0.5) is 0 Å². The molecule has 1 aromatic carbocycles. The molecule has 1 saturated heterocycles. The fraction of sp³-hybridized carbons (Fsp3) is 0.619. The largest absolute Gasteiger partial charge is 0.490 e. The maximum Gasteiger partial charge on any atom is 0.321 e. The van der Waals surface area contributed by atoms with Crippen molar-refractivity contribution in [3.8, 4) is 5.75 Å². The summed E-state index contributed by atoms with van der Waals surface area (Å²) in [6.07, 6.45) is 3.23. The number of ether oxygens (including phenoxy) is 2. The minimum Gasteiger partial charge on any atom is -0.490 e. The van der Waals surface area contributed by atoms with Crippen LogP contribution in [0.15, 0.2) is 18.2 Å². The molecule has 158 valence electrons. The molecule has 2 aliphatic heterocycles. The molecule has 7 nitrogen and oxygen atoms in total. The number of benzene rings is 1. The standard InChI is InChI=1S/C21H27ClN2O5/c22-11-1-6-16-14(9-11)18(15-10-24-8-7-17(15)29-16)19(20(25)26)21(27)28-13-4-2-12(23)3-5-13/h1,6,9,12-13,15,17-19,24H,2-5,7-8,10,23H2,(H,25,26). The van der Waals surface area contributed by atoms with Gasteiger partial charge in [0, 0.05) is 35.0 Å². The zero-order valence-electron chi connectivity index (χ0n) is 16.2. The molecule has 0 radical (unpaired) electrons. The molecule has 0 bridgehead atoms. The summed E-state index contributed by atoms with van der Waals surface area (Å²) in [5, 5.41) is 13.8. The van der Waals surface area contributed by atoms with Gasteiger partial charge in [-0.1, -0.05) is 11.6 Å². The lowest BCUT2D eigenvalue weighted by Gasteiger charge is -2.44. The van der Waals surface area contributed by atoms with E-state index < -0.39 is 23.8 Å². The van der Waals surface area contributed by atoms with E-state index in [-0.39, 0.29) is 24.2 Å². The monoisotopic (exact) mass is 422 g/mol. The Morgan fingerprint density at radius 2 is 2.00 bits per heavy atom. The lowest BCUT2D eigenvalue weighted by atomic mass is 9.70. The SMILES string of the molecule is NC1CCC(OC(=O)C(C(=O)O)C2c3cc(Cl)ccc3OC3CCNCC32)CC1. The van der Waals surface area contributed by atoms with Crippen molar-refractivity contribution in [2.24, 2.45) is 17.6 Å². The molecule has 2 heterocycles. The van der Waals surface area contributed by atoms with Crippen LogP contribution in [-0.2, 0) is 14.3 Å². The number of fused-ring (bicyclic) bond motifs is 2. The second kappa shape index (κ2) is 8.50. The molecule has 2 fully saturated rings. The number of aliphatic carboxylic acids is 1. The summed E-state index contributed by atoms with van der Waals surface area (Å²) in [4.78, 5) is 25.4. The third-order valence-electron chi connectivity index (χ3n) is 6.41. The first-order valence-electron chi connectivity index (χ1n) is 10.3. The van der Waals surface area contributed by atoms with Crippen LogP contribution in [-0.4, -0.2) is 48.4 Å². The van der Waals surface area contributed by atoms with Crippen LogP contribution in [0.3, 0.4) is 0 Å². The summed E-state index contributed by atoms with van der Waals surface area (Å²) < 4.78 is 11.8. The first-order valence-corrected chi connectivity index (χ1v) is 10.7. The van der Waals surface area contributed by atoms with Crippen molar-refractivity contribution in [2.75, 3.05) is 13.1 Å². The summed E-state index contributed by atoms with van der Waals surface area (Å²) in [7, 11) is 0. The molecule has 0 amide bonds. The van der Waals surface area contributed by atoms with Gasteiger partial charge in [0.25, 0.3) is 0 Å². The molecule has 0 spiro atoms. The highest BCUT2D eigenvalue weighted by molar-refractivity contribution is 6.30. The molecule has 4 atom stereocenters. The van der Waals surface area contributed by atoms with E-state index in [9.17, 15) is 14.7 Å². The predicted octanol–water partition coefficient (Wildman–Crippen LogP) is 2.31. The van der Waals surface area contributed by atoms with Gasteiger partial charge < -0.3 is 25.6 Å². The van der Waals surface area contributed by atoms with Crippen LogP contribution >= 0.6 is 11.6 Å². The highest BCUT2D eigenvalue weighted by Crippen LogP contribution is 2.47. The van der Waals surface area contributed by atoms with Crippen molar-refractivity contribution < 1.29 is 24.2 Å². The summed E-state index contributed by atoms with van der Waals surface area (Å²) in [5.41, 5.74) is 6.59. The topological polar surface area (TPSA) is 111 Å². The average molecular weight is 423 g/mol. The third-order valence-corrected chi connectivity index (χ3v) is 6.65. The zero-order valence-corrected chi connectivity index (χ0v) is 16.9. The number of carbonyl (C=O) groups is 2. The Balaban J connectivity index is 1.64. The second-order valence-corrected chi connectivity index (χ2v) is 8.75. The van der Waals surface area contributed by atoms with E-state index in [0.29, 0.717) is 35.7 Å². The number of rotatable bonds is 4. The van der Waals surface area contributed by atoms with Crippen molar-refractivity contribution in [3.63, 3.8) is 0 Å². The summed E-state index contributed by atoms with van der Waals surface area (Å²) in [5.74, 6) is -3.27. The first-order chi connectivity index (χ1) is 13.9. The molecule has 0 aromatic heterocycles. The number of hydrogen-bond donors (Lipinski definition) is 3. The van der Waals surface area contributed by atoms with Gasteiger partial charge in [0.1, 0.15) is 18.0 Å². The average Bonchev–Trinajstić information content (AvgIpc) is 2.69. The lowest BCUT2D eigenvalue weighted by molar-refractivity contribution is -0.166. The highest BCUT2D eigenvalue weighted by atomic mass is 35.5. The van der Waals surface area contributed by atoms with Gasteiger partial charge in [0.15, 0.2) is 5.92 Å². The molecule has 4 unspecified atom stereocenters. The minimum atomic E-state index is -1.31. The lowest BCUT2D eigenvalue weighted by Crippen LogP contribution is -2.51. The summed E-state index contributed by atoms with van der Waals surface area (Å²) in [6.45, 7) is 1.37. The minimum absolute atomic E-state index is 0.124. The number of nitrogens with one attached hydrogen (secondary N) is 1. The van der Waals surface area contributed by atoms with Crippen LogP contribution in [0.2, 0.25) is 5.02 Å². The van der Waals surface area contributed by atoms with Gasteiger partial charge in [-0.05, 0) is 56.8 Å². The molecule has 29 heavy (non-hydrogen) atoms. The van der Waals surface area contributed by atoms with Gasteiger partial charge in [0.05, 0.1) is 0 Å². The molecule has 1 aliphatic carbocycles. The number of piperidine rings is 1. The summed E-state index contributed by atoms with van der Waals surface area (Å²) >= 11 is 6.20. The Morgan fingerprint density at radius 1 is 1.24 bits per heavy atom. The van der Waals surface area contributed by atoms with E-state index >= 15 is 0 Å². The highest BCUT2D eigenvalue weighted by Gasteiger charge is 2.49. The summed E-state index contributed by atoms with van der Waals surface area (Å²) in [6, 6.07) is 5.32. The third kappa shape index (κ3) is 4.22. The van der Waals surface area contributed by atoms with Crippen LogP contribution < -0.4 is 15.8 Å². The quantitative estimate of drug-likeness (QED) is 0.504. The Hall–Kier alpha value is -1.83. The number of carboxylic acid groups (broad SMARTS) is 1. The fourth-order valence-electron chi connectivity index (χ4n) is 4.92. The number of carboxylic acids is 1. The molecule has 8 heteroatoms. The van der Waals surface area contributed by atoms with Gasteiger partial charge in [-0.15, -0.1) is 0 Å². The van der Waals surface area contributed by atoms with Crippen molar-refractivity contribution in [1.82, 2.24) is 5.32 Å². The number of halogens is 1. The van der Waals surface area contributed by atoms with E-state index in [1.165, 1.54) is 0 Å². The molecule has 4 rings (SSSR count). The zero-order chi connectivity index (χ0) is 20.5. The van der Waals surface area contributed by atoms with Gasteiger partial charge in [-0.2, -0.15) is 0 Å². The number of carbonyl (C=O) groups excluding carboxylic acids is 1. The van der Waals surface area contributed by atoms with E-state index in [2.05, 4.69) is 5.32 Å². The Bertz CT molecular complexity index is 780. The van der Waals surface area contributed by atoms with E-state index in [1.807, 2.05) is 0 Å². The van der Waals surface area contributed by atoms with Gasteiger partial charge in [-0.3, -0.25) is 9.59 Å². The Kier molecular flexibility index (Phi) is 5.99. The van der Waals surface area contributed by atoms with Gasteiger partial charge in [-0.25, -0.2) is 0 Å². The normalized spacial score (nSPS) is 32.3. The Labute approximate surface area is 174 Å². The van der Waals surface area contributed by atoms with E-state index in [4.69, 9.17) is 26.8 Å². The van der Waals surface area contributed by atoms with Crippen LogP contribution in [0, 0.1) is 11.8 Å². The first kappa shape index (κ1) is 20.4. The van der Waals surface area contributed by atoms with Crippen LogP contribution in [0.25, 0.3) is 0 Å². The number of hydrogen-bond acceptors (Lipinski definition) is 6. The van der Waals surface area contributed by atoms with Crippen molar-refractivity contribution in [2.45, 2.75) is 56.3 Å². The molecule has 1 saturated carbocycles. The molecule has 1 aromatic rings. The predicted molar refractivity (Wildman–Crippen MR) is 107 cm³/mol. The molecule has 4 N–H and O–H groups in total. The Morgan fingerprint density at radius 3 is 2.72 bits per heavy atom.